The topological polar surface area (TPSA) is 29.9 Å². The number of rotatable bonds is 4. The molecular formula is C17H31N3. The van der Waals surface area contributed by atoms with Gasteiger partial charge in [0.25, 0.3) is 0 Å². The molecule has 0 spiro atoms. The molecule has 1 N–H and O–H groups in total. The van der Waals surface area contributed by atoms with Crippen molar-refractivity contribution in [3.05, 3.63) is 18.0 Å². The molecule has 3 heteroatoms. The molecular weight excluding hydrogens is 246 g/mol. The SMILES string of the molecule is CC(C)C1CCCCC1NCc1cnn(C(C)(C)C)c1. The van der Waals surface area contributed by atoms with Gasteiger partial charge in [-0.3, -0.25) is 4.68 Å². The Labute approximate surface area is 124 Å². The van der Waals surface area contributed by atoms with Gasteiger partial charge in [-0.25, -0.2) is 0 Å². The predicted molar refractivity (Wildman–Crippen MR) is 84.6 cm³/mol. The summed E-state index contributed by atoms with van der Waals surface area (Å²) in [6, 6.07) is 0.682. The normalized spacial score (nSPS) is 24.3. The van der Waals surface area contributed by atoms with E-state index in [1.54, 1.807) is 0 Å². The van der Waals surface area contributed by atoms with Gasteiger partial charge < -0.3 is 5.32 Å². The van der Waals surface area contributed by atoms with Crippen LogP contribution in [0.2, 0.25) is 0 Å². The van der Waals surface area contributed by atoms with E-state index < -0.39 is 0 Å². The van der Waals surface area contributed by atoms with Crippen LogP contribution in [0.4, 0.5) is 0 Å². The van der Waals surface area contributed by atoms with Crippen molar-refractivity contribution in [1.82, 2.24) is 15.1 Å². The van der Waals surface area contributed by atoms with E-state index in [0.717, 1.165) is 18.4 Å². The van der Waals surface area contributed by atoms with Crippen molar-refractivity contribution in [1.29, 1.82) is 0 Å². The third-order valence-electron chi connectivity index (χ3n) is 4.57. The van der Waals surface area contributed by atoms with Crippen LogP contribution in [0.1, 0.15) is 65.9 Å². The summed E-state index contributed by atoms with van der Waals surface area (Å²) in [5.41, 5.74) is 1.37. The van der Waals surface area contributed by atoms with Gasteiger partial charge in [-0.15, -0.1) is 0 Å². The molecule has 114 valence electrons. The second kappa shape index (κ2) is 6.30. The van der Waals surface area contributed by atoms with Crippen LogP contribution < -0.4 is 5.32 Å². The summed E-state index contributed by atoms with van der Waals surface area (Å²) >= 11 is 0. The number of nitrogens with one attached hydrogen (secondary N) is 1. The summed E-state index contributed by atoms with van der Waals surface area (Å²) in [6.45, 7) is 12.2. The molecule has 1 aromatic heterocycles. The first-order valence-corrected chi connectivity index (χ1v) is 8.15. The molecule has 0 amide bonds. The maximum atomic E-state index is 4.48. The van der Waals surface area contributed by atoms with Crippen LogP contribution in [0.25, 0.3) is 0 Å². The van der Waals surface area contributed by atoms with Crippen molar-refractivity contribution in [2.45, 2.75) is 78.4 Å². The van der Waals surface area contributed by atoms with Crippen molar-refractivity contribution in [3.8, 4) is 0 Å². The van der Waals surface area contributed by atoms with Crippen LogP contribution >= 0.6 is 0 Å². The second-order valence-corrected chi connectivity index (χ2v) is 7.64. The Morgan fingerprint density at radius 1 is 1.30 bits per heavy atom. The monoisotopic (exact) mass is 277 g/mol. The molecule has 2 atom stereocenters. The molecule has 0 aromatic carbocycles. The first-order valence-electron chi connectivity index (χ1n) is 8.15. The number of nitrogens with zero attached hydrogens (tertiary/aromatic N) is 2. The molecule has 0 radical (unpaired) electrons. The summed E-state index contributed by atoms with van der Waals surface area (Å²) in [6.07, 6.45) is 9.68. The van der Waals surface area contributed by atoms with E-state index in [-0.39, 0.29) is 5.54 Å². The number of hydrogen-bond acceptors (Lipinski definition) is 2. The van der Waals surface area contributed by atoms with E-state index in [0.29, 0.717) is 6.04 Å². The fraction of sp³-hybridized carbons (Fsp3) is 0.824. The summed E-state index contributed by atoms with van der Waals surface area (Å²) in [4.78, 5) is 0. The minimum atomic E-state index is 0.0730. The largest absolute Gasteiger partial charge is 0.310 e. The summed E-state index contributed by atoms with van der Waals surface area (Å²) in [7, 11) is 0. The molecule has 1 fully saturated rings. The van der Waals surface area contributed by atoms with E-state index in [1.807, 2.05) is 6.20 Å². The molecule has 2 unspecified atom stereocenters. The van der Waals surface area contributed by atoms with E-state index in [2.05, 4.69) is 55.9 Å². The lowest BCUT2D eigenvalue weighted by molar-refractivity contribution is 0.204. The lowest BCUT2D eigenvalue weighted by Crippen LogP contribution is -2.40. The maximum absolute atomic E-state index is 4.48. The summed E-state index contributed by atoms with van der Waals surface area (Å²) < 4.78 is 2.06. The highest BCUT2D eigenvalue weighted by atomic mass is 15.3. The summed E-state index contributed by atoms with van der Waals surface area (Å²) in [5, 5.41) is 8.26. The summed E-state index contributed by atoms with van der Waals surface area (Å²) in [5.74, 6) is 1.62. The van der Waals surface area contributed by atoms with E-state index >= 15 is 0 Å². The third-order valence-corrected chi connectivity index (χ3v) is 4.57. The standard InChI is InChI=1S/C17H31N3/c1-13(2)15-8-6-7-9-16(15)18-10-14-11-19-20(12-14)17(3,4)5/h11-13,15-16,18H,6-10H2,1-5H3. The molecule has 0 bridgehead atoms. The Bertz CT molecular complexity index is 414. The van der Waals surface area contributed by atoms with Gasteiger partial charge in [-0.1, -0.05) is 26.7 Å². The average Bonchev–Trinajstić information content (AvgIpc) is 2.85. The molecule has 3 nitrogen and oxygen atoms in total. The zero-order valence-corrected chi connectivity index (χ0v) is 13.8. The second-order valence-electron chi connectivity index (χ2n) is 7.64. The minimum Gasteiger partial charge on any atom is -0.310 e. The van der Waals surface area contributed by atoms with Gasteiger partial charge in [0.1, 0.15) is 0 Å². The van der Waals surface area contributed by atoms with Crippen LogP contribution in [0, 0.1) is 11.8 Å². The highest BCUT2D eigenvalue weighted by Gasteiger charge is 2.27. The molecule has 0 saturated heterocycles. The molecule has 1 aliphatic carbocycles. The highest BCUT2D eigenvalue weighted by molar-refractivity contribution is 5.05. The molecule has 1 aromatic rings. The molecule has 2 rings (SSSR count). The van der Waals surface area contributed by atoms with E-state index in [4.69, 9.17) is 0 Å². The predicted octanol–water partition coefficient (Wildman–Crippen LogP) is 3.94. The van der Waals surface area contributed by atoms with Gasteiger partial charge in [0.15, 0.2) is 0 Å². The third kappa shape index (κ3) is 3.85. The Kier molecular flexibility index (Phi) is 4.90. The molecule has 1 aliphatic rings. The van der Waals surface area contributed by atoms with Crippen LogP contribution in [0.3, 0.4) is 0 Å². The van der Waals surface area contributed by atoms with Crippen molar-refractivity contribution in [2.24, 2.45) is 11.8 Å². The van der Waals surface area contributed by atoms with Crippen LogP contribution in [0.15, 0.2) is 12.4 Å². The Hall–Kier alpha value is -0.830. The van der Waals surface area contributed by atoms with Crippen LogP contribution in [-0.2, 0) is 12.1 Å². The first kappa shape index (κ1) is 15.6. The van der Waals surface area contributed by atoms with Gasteiger partial charge >= 0.3 is 0 Å². The first-order chi connectivity index (χ1) is 9.38. The quantitative estimate of drug-likeness (QED) is 0.903. The average molecular weight is 277 g/mol. The lowest BCUT2D eigenvalue weighted by Gasteiger charge is -2.35. The number of aromatic nitrogens is 2. The smallest absolute Gasteiger partial charge is 0.0543 e. The van der Waals surface area contributed by atoms with Crippen LogP contribution in [-0.4, -0.2) is 15.8 Å². The van der Waals surface area contributed by atoms with Crippen molar-refractivity contribution in [2.75, 3.05) is 0 Å². The van der Waals surface area contributed by atoms with Crippen LogP contribution in [0.5, 0.6) is 0 Å². The minimum absolute atomic E-state index is 0.0730. The molecule has 20 heavy (non-hydrogen) atoms. The van der Waals surface area contributed by atoms with Gasteiger partial charge in [-0.05, 0) is 45.4 Å². The van der Waals surface area contributed by atoms with Gasteiger partial charge in [-0.2, -0.15) is 5.10 Å². The maximum Gasteiger partial charge on any atom is 0.0543 e. The molecule has 0 aliphatic heterocycles. The molecule has 1 heterocycles. The fourth-order valence-electron chi connectivity index (χ4n) is 3.28. The van der Waals surface area contributed by atoms with Crippen molar-refractivity contribution < 1.29 is 0 Å². The van der Waals surface area contributed by atoms with Gasteiger partial charge in [0, 0.05) is 24.3 Å². The van der Waals surface area contributed by atoms with Crippen molar-refractivity contribution >= 4 is 0 Å². The van der Waals surface area contributed by atoms with Gasteiger partial charge in [0.05, 0.1) is 11.7 Å². The zero-order valence-electron chi connectivity index (χ0n) is 13.8. The van der Waals surface area contributed by atoms with E-state index in [9.17, 15) is 0 Å². The fourth-order valence-corrected chi connectivity index (χ4v) is 3.28. The number of hydrogen-bond donors (Lipinski definition) is 1. The van der Waals surface area contributed by atoms with Gasteiger partial charge in [0.2, 0.25) is 0 Å². The van der Waals surface area contributed by atoms with E-state index in [1.165, 1.54) is 31.2 Å². The molecule has 1 saturated carbocycles. The Morgan fingerprint density at radius 2 is 2.00 bits per heavy atom. The highest BCUT2D eigenvalue weighted by Crippen LogP contribution is 2.30. The Balaban J connectivity index is 1.92. The Morgan fingerprint density at radius 3 is 2.60 bits per heavy atom. The lowest BCUT2D eigenvalue weighted by atomic mass is 9.78. The zero-order chi connectivity index (χ0) is 14.8. The van der Waals surface area contributed by atoms with Crippen molar-refractivity contribution in [3.63, 3.8) is 0 Å².